The van der Waals surface area contributed by atoms with Gasteiger partial charge >= 0.3 is 0 Å². The van der Waals surface area contributed by atoms with Crippen LogP contribution in [0.15, 0.2) is 42.5 Å². The number of amides is 1. The summed E-state index contributed by atoms with van der Waals surface area (Å²) >= 11 is 5.89. The maximum atomic E-state index is 12.6. The number of benzene rings is 2. The lowest BCUT2D eigenvalue weighted by atomic mass is 10.0. The van der Waals surface area contributed by atoms with Gasteiger partial charge in [-0.05, 0) is 55.3 Å². The van der Waals surface area contributed by atoms with Crippen LogP contribution in [0.2, 0.25) is 5.02 Å². The average molecular weight is 303 g/mol. The minimum Gasteiger partial charge on any atom is -0.399 e. The zero-order valence-corrected chi connectivity index (χ0v) is 13.2. The number of hydrogen-bond donors (Lipinski definition) is 1. The Bertz CT molecular complexity index is 632. The summed E-state index contributed by atoms with van der Waals surface area (Å²) in [5, 5.41) is 0.686. The van der Waals surface area contributed by atoms with Gasteiger partial charge in [-0.1, -0.05) is 23.7 Å². The molecule has 2 N–H and O–H groups in total. The van der Waals surface area contributed by atoms with Crippen molar-refractivity contribution < 1.29 is 4.79 Å². The van der Waals surface area contributed by atoms with Gasteiger partial charge in [0.15, 0.2) is 0 Å². The van der Waals surface area contributed by atoms with E-state index < -0.39 is 0 Å². The summed E-state index contributed by atoms with van der Waals surface area (Å²) in [6, 6.07) is 12.9. The SMILES string of the molecule is Cc1cc(N)cc(C(=O)N(C)C(C)c2ccc(Cl)cc2)c1. The molecule has 2 rings (SSSR count). The van der Waals surface area contributed by atoms with Crippen LogP contribution >= 0.6 is 11.6 Å². The normalized spacial score (nSPS) is 12.0. The molecule has 1 atom stereocenters. The Kier molecular flexibility index (Phi) is 4.53. The van der Waals surface area contributed by atoms with Crippen molar-refractivity contribution in [3.63, 3.8) is 0 Å². The van der Waals surface area contributed by atoms with Crippen molar-refractivity contribution in [3.8, 4) is 0 Å². The van der Waals surface area contributed by atoms with Gasteiger partial charge in [-0.3, -0.25) is 4.79 Å². The fraction of sp³-hybridized carbons (Fsp3) is 0.235. The number of aryl methyl sites for hydroxylation is 1. The molecule has 4 heteroatoms. The summed E-state index contributed by atoms with van der Waals surface area (Å²) in [5.41, 5.74) is 9.04. The van der Waals surface area contributed by atoms with Gasteiger partial charge < -0.3 is 10.6 Å². The molecule has 0 saturated heterocycles. The van der Waals surface area contributed by atoms with Gasteiger partial charge in [-0.2, -0.15) is 0 Å². The van der Waals surface area contributed by atoms with Crippen LogP contribution in [0.4, 0.5) is 5.69 Å². The van der Waals surface area contributed by atoms with Crippen LogP contribution in [0.3, 0.4) is 0 Å². The Hall–Kier alpha value is -2.00. The first-order chi connectivity index (χ1) is 9.88. The number of carbonyl (C=O) groups excluding carboxylic acids is 1. The molecule has 1 amide bonds. The van der Waals surface area contributed by atoms with Crippen LogP contribution in [0, 0.1) is 6.92 Å². The number of nitrogens with zero attached hydrogens (tertiary/aromatic N) is 1. The highest BCUT2D eigenvalue weighted by atomic mass is 35.5. The zero-order valence-electron chi connectivity index (χ0n) is 12.4. The molecule has 0 aliphatic heterocycles. The van der Waals surface area contributed by atoms with Crippen LogP contribution in [0.5, 0.6) is 0 Å². The highest BCUT2D eigenvalue weighted by Crippen LogP contribution is 2.23. The van der Waals surface area contributed by atoms with E-state index in [1.165, 1.54) is 0 Å². The molecule has 3 nitrogen and oxygen atoms in total. The number of anilines is 1. The molecule has 2 aromatic rings. The Morgan fingerprint density at radius 1 is 1.19 bits per heavy atom. The lowest BCUT2D eigenvalue weighted by Crippen LogP contribution is -2.29. The molecule has 0 radical (unpaired) electrons. The molecule has 0 spiro atoms. The van der Waals surface area contributed by atoms with E-state index in [4.69, 9.17) is 17.3 Å². The minimum atomic E-state index is -0.0483. The van der Waals surface area contributed by atoms with Gasteiger partial charge in [0.05, 0.1) is 6.04 Å². The van der Waals surface area contributed by atoms with Gasteiger partial charge in [0, 0.05) is 23.3 Å². The van der Waals surface area contributed by atoms with E-state index >= 15 is 0 Å². The van der Waals surface area contributed by atoms with Crippen LogP contribution in [0.25, 0.3) is 0 Å². The third-order valence-electron chi connectivity index (χ3n) is 3.60. The Balaban J connectivity index is 2.23. The van der Waals surface area contributed by atoms with Crippen molar-refractivity contribution in [2.75, 3.05) is 12.8 Å². The Labute approximate surface area is 130 Å². The molecule has 0 aliphatic carbocycles. The number of halogens is 1. The third kappa shape index (κ3) is 3.56. The molecule has 0 heterocycles. The molecular weight excluding hydrogens is 284 g/mol. The first kappa shape index (κ1) is 15.4. The Morgan fingerprint density at radius 3 is 2.38 bits per heavy atom. The van der Waals surface area contributed by atoms with Crippen molar-refractivity contribution in [1.29, 1.82) is 0 Å². The largest absolute Gasteiger partial charge is 0.399 e. The van der Waals surface area contributed by atoms with Crippen LogP contribution in [0.1, 0.15) is 34.5 Å². The summed E-state index contributed by atoms with van der Waals surface area (Å²) < 4.78 is 0. The summed E-state index contributed by atoms with van der Waals surface area (Å²) in [4.78, 5) is 14.3. The lowest BCUT2D eigenvalue weighted by Gasteiger charge is -2.25. The van der Waals surface area contributed by atoms with E-state index in [2.05, 4.69) is 0 Å². The van der Waals surface area contributed by atoms with Crippen LogP contribution in [-0.2, 0) is 0 Å². The van der Waals surface area contributed by atoms with Crippen molar-refractivity contribution in [3.05, 3.63) is 64.2 Å². The standard InChI is InChI=1S/C17H19ClN2O/c1-11-8-14(10-16(19)9-11)17(21)20(3)12(2)13-4-6-15(18)7-5-13/h4-10,12H,19H2,1-3H3. The second-order valence-corrected chi connectivity index (χ2v) is 5.71. The van der Waals surface area contributed by atoms with Crippen molar-refractivity contribution in [2.24, 2.45) is 0 Å². The summed E-state index contributed by atoms with van der Waals surface area (Å²) in [5.74, 6) is -0.0483. The smallest absolute Gasteiger partial charge is 0.254 e. The van der Waals surface area contributed by atoms with Crippen molar-refractivity contribution in [1.82, 2.24) is 4.90 Å². The molecule has 21 heavy (non-hydrogen) atoms. The van der Waals surface area contributed by atoms with E-state index in [1.54, 1.807) is 18.0 Å². The van der Waals surface area contributed by atoms with E-state index in [1.807, 2.05) is 50.2 Å². The third-order valence-corrected chi connectivity index (χ3v) is 3.85. The summed E-state index contributed by atoms with van der Waals surface area (Å²) in [6.07, 6.45) is 0. The van der Waals surface area contributed by atoms with E-state index in [0.717, 1.165) is 11.1 Å². The maximum absolute atomic E-state index is 12.6. The fourth-order valence-corrected chi connectivity index (χ4v) is 2.41. The van der Waals surface area contributed by atoms with Crippen molar-refractivity contribution in [2.45, 2.75) is 19.9 Å². The van der Waals surface area contributed by atoms with E-state index in [9.17, 15) is 4.79 Å². The molecule has 2 aromatic carbocycles. The molecular formula is C17H19ClN2O. The number of carbonyl (C=O) groups is 1. The number of rotatable bonds is 3. The predicted molar refractivity (Wildman–Crippen MR) is 87.6 cm³/mol. The van der Waals surface area contributed by atoms with Gasteiger partial charge in [-0.15, -0.1) is 0 Å². The second kappa shape index (κ2) is 6.19. The zero-order chi connectivity index (χ0) is 15.6. The molecule has 0 aliphatic rings. The van der Waals surface area contributed by atoms with Gasteiger partial charge in [0.2, 0.25) is 0 Å². The van der Waals surface area contributed by atoms with Gasteiger partial charge in [0.1, 0.15) is 0 Å². The molecule has 0 saturated carbocycles. The molecule has 0 fully saturated rings. The number of nitrogen functional groups attached to an aromatic ring is 1. The fourth-order valence-electron chi connectivity index (χ4n) is 2.28. The average Bonchev–Trinajstić information content (AvgIpc) is 2.44. The highest BCUT2D eigenvalue weighted by molar-refractivity contribution is 6.30. The van der Waals surface area contributed by atoms with E-state index in [0.29, 0.717) is 16.3 Å². The lowest BCUT2D eigenvalue weighted by molar-refractivity contribution is 0.0742. The van der Waals surface area contributed by atoms with E-state index in [-0.39, 0.29) is 11.9 Å². The van der Waals surface area contributed by atoms with Crippen LogP contribution in [-0.4, -0.2) is 17.9 Å². The molecule has 0 bridgehead atoms. The van der Waals surface area contributed by atoms with Gasteiger partial charge in [-0.25, -0.2) is 0 Å². The quantitative estimate of drug-likeness (QED) is 0.869. The second-order valence-electron chi connectivity index (χ2n) is 5.28. The summed E-state index contributed by atoms with van der Waals surface area (Å²) in [7, 11) is 1.79. The number of nitrogens with two attached hydrogens (primary N) is 1. The van der Waals surface area contributed by atoms with Crippen LogP contribution < -0.4 is 5.73 Å². The summed E-state index contributed by atoms with van der Waals surface area (Å²) in [6.45, 7) is 3.91. The highest BCUT2D eigenvalue weighted by Gasteiger charge is 2.19. The first-order valence-corrected chi connectivity index (χ1v) is 7.16. The molecule has 0 aromatic heterocycles. The topological polar surface area (TPSA) is 46.3 Å². The predicted octanol–water partition coefficient (Wildman–Crippen LogP) is 4.06. The number of hydrogen-bond acceptors (Lipinski definition) is 2. The monoisotopic (exact) mass is 302 g/mol. The maximum Gasteiger partial charge on any atom is 0.254 e. The molecule has 110 valence electrons. The Morgan fingerprint density at radius 2 is 1.81 bits per heavy atom. The van der Waals surface area contributed by atoms with Gasteiger partial charge in [0.25, 0.3) is 5.91 Å². The minimum absolute atomic E-state index is 0.0449. The molecule has 1 unspecified atom stereocenters. The first-order valence-electron chi connectivity index (χ1n) is 6.78. The van der Waals surface area contributed by atoms with Crippen molar-refractivity contribution >= 4 is 23.2 Å².